The van der Waals surface area contributed by atoms with Gasteiger partial charge in [0.2, 0.25) is 5.43 Å². The van der Waals surface area contributed by atoms with Crippen LogP contribution in [0, 0.1) is 6.57 Å². The van der Waals surface area contributed by atoms with E-state index in [1.165, 1.54) is 24.0 Å². The molecular weight excluding hydrogens is 250 g/mol. The molecule has 0 aliphatic rings. The topological polar surface area (TPSA) is 77.2 Å². The van der Waals surface area contributed by atoms with E-state index in [4.69, 9.17) is 16.0 Å². The average Bonchev–Trinajstić information content (AvgIpc) is 2.79. The maximum Gasteiger partial charge on any atom is 0.343 e. The second-order valence-electron chi connectivity index (χ2n) is 3.61. The third kappa shape index (κ3) is 1.93. The van der Waals surface area contributed by atoms with E-state index in [-0.39, 0.29) is 29.1 Å². The minimum Gasteiger partial charge on any atom is -0.493 e. The molecule has 0 radical (unpaired) electrons. The van der Waals surface area contributed by atoms with Crippen LogP contribution in [0.25, 0.3) is 10.4 Å². The highest BCUT2D eigenvalue weighted by Crippen LogP contribution is 2.25. The Kier molecular flexibility index (Phi) is 3.25. The summed E-state index contributed by atoms with van der Waals surface area (Å²) in [7, 11) is 1.35. The Hall–Kier alpha value is -2.75. The van der Waals surface area contributed by atoms with Crippen molar-refractivity contribution in [1.29, 1.82) is 0 Å². The van der Waals surface area contributed by atoms with Crippen LogP contribution in [0.15, 0.2) is 17.2 Å². The summed E-state index contributed by atoms with van der Waals surface area (Å²) in [5.41, 5.74) is -0.320. The summed E-state index contributed by atoms with van der Waals surface area (Å²) in [6.07, 6.45) is 2.68. The summed E-state index contributed by atoms with van der Waals surface area (Å²) in [5, 5.41) is 2.72. The number of hydrogen-bond donors (Lipinski definition) is 1. The van der Waals surface area contributed by atoms with E-state index in [2.05, 4.69) is 9.94 Å². The largest absolute Gasteiger partial charge is 0.493 e. The molecule has 2 heterocycles. The van der Waals surface area contributed by atoms with E-state index in [1.54, 1.807) is 6.92 Å². The molecule has 0 spiro atoms. The first-order valence-corrected chi connectivity index (χ1v) is 5.49. The molecule has 7 heteroatoms. The highest BCUT2D eigenvalue weighted by Gasteiger charge is 2.22. The zero-order valence-corrected chi connectivity index (χ0v) is 10.4. The van der Waals surface area contributed by atoms with E-state index in [0.717, 1.165) is 0 Å². The molecule has 0 amide bonds. The van der Waals surface area contributed by atoms with Crippen LogP contribution < -0.4 is 10.2 Å². The molecule has 2 aromatic rings. The minimum absolute atomic E-state index is 0.0701. The van der Waals surface area contributed by atoms with Crippen molar-refractivity contribution < 1.29 is 14.3 Å². The number of ether oxygens (including phenoxy) is 2. The number of esters is 1. The fourth-order valence-electron chi connectivity index (χ4n) is 1.77. The maximum atomic E-state index is 12.0. The number of carbonyl (C=O) groups excluding carboxylic acids is 1. The number of carbonyl (C=O) groups is 1. The van der Waals surface area contributed by atoms with Crippen molar-refractivity contribution in [3.63, 3.8) is 0 Å². The molecule has 0 saturated heterocycles. The van der Waals surface area contributed by atoms with Gasteiger partial charge in [-0.3, -0.25) is 4.52 Å². The van der Waals surface area contributed by atoms with Gasteiger partial charge in [-0.05, 0) is 6.92 Å². The summed E-state index contributed by atoms with van der Waals surface area (Å²) in [4.78, 5) is 26.9. The van der Waals surface area contributed by atoms with Gasteiger partial charge in [-0.2, -0.15) is 0 Å². The molecule has 2 rings (SSSR count). The second-order valence-corrected chi connectivity index (χ2v) is 3.61. The first-order chi connectivity index (χ1) is 9.13. The molecule has 0 saturated carbocycles. The molecule has 0 aliphatic heterocycles. The first-order valence-electron chi connectivity index (χ1n) is 5.49. The van der Waals surface area contributed by atoms with Crippen molar-refractivity contribution in [2.75, 3.05) is 13.7 Å². The summed E-state index contributed by atoms with van der Waals surface area (Å²) in [5.74, 6) is -0.481. The number of aromatic nitrogens is 2. The molecule has 7 nitrogen and oxygen atoms in total. The third-order valence-corrected chi connectivity index (χ3v) is 2.57. The normalized spacial score (nSPS) is 10.2. The number of H-pyrrole nitrogens is 1. The van der Waals surface area contributed by atoms with Crippen LogP contribution in [-0.2, 0) is 4.74 Å². The fraction of sp³-hybridized carbons (Fsp3) is 0.250. The van der Waals surface area contributed by atoms with Crippen LogP contribution in [0.2, 0.25) is 0 Å². The zero-order valence-electron chi connectivity index (χ0n) is 10.4. The van der Waals surface area contributed by atoms with Crippen molar-refractivity contribution in [3.05, 3.63) is 39.6 Å². The van der Waals surface area contributed by atoms with Gasteiger partial charge in [-0.25, -0.2) is 9.64 Å². The Morgan fingerprint density at radius 2 is 2.32 bits per heavy atom. The standard InChI is InChI=1S/C12H11N3O4/c1-4-19-12(17)7-6-15-9(11(7)18-3)10(16)8(13-2)5-14-15/h5-6,14H,4H2,1,3H3. The van der Waals surface area contributed by atoms with Crippen LogP contribution in [0.4, 0.5) is 5.69 Å². The Labute approximate surface area is 108 Å². The van der Waals surface area contributed by atoms with Gasteiger partial charge in [-0.15, -0.1) is 0 Å². The number of nitrogens with zero attached hydrogens (tertiary/aromatic N) is 2. The molecular formula is C12H11N3O4. The number of nitrogens with one attached hydrogen (secondary N) is 1. The van der Waals surface area contributed by atoms with Gasteiger partial charge in [0.25, 0.3) is 5.69 Å². The lowest BCUT2D eigenvalue weighted by atomic mass is 10.3. The maximum absolute atomic E-state index is 12.0. The van der Waals surface area contributed by atoms with E-state index < -0.39 is 11.4 Å². The van der Waals surface area contributed by atoms with Gasteiger partial charge in [0.15, 0.2) is 5.75 Å². The van der Waals surface area contributed by atoms with Crippen molar-refractivity contribution in [2.45, 2.75) is 6.92 Å². The van der Waals surface area contributed by atoms with Gasteiger partial charge in [0.1, 0.15) is 11.1 Å². The Balaban J connectivity index is 2.77. The number of hydrogen-bond acceptors (Lipinski definition) is 4. The van der Waals surface area contributed by atoms with Gasteiger partial charge in [-0.1, -0.05) is 0 Å². The molecule has 0 aromatic carbocycles. The SMILES string of the molecule is [C-]#[N+]c1c[nH]n2cc(C(=O)OCC)c(OC)c2c1=O. The zero-order chi connectivity index (χ0) is 14.0. The lowest BCUT2D eigenvalue weighted by Crippen LogP contribution is -2.07. The number of rotatable bonds is 3. The highest BCUT2D eigenvalue weighted by molar-refractivity contribution is 5.96. The molecule has 0 atom stereocenters. The molecule has 98 valence electrons. The molecule has 19 heavy (non-hydrogen) atoms. The van der Waals surface area contributed by atoms with Gasteiger partial charge >= 0.3 is 5.97 Å². The highest BCUT2D eigenvalue weighted by atomic mass is 16.5. The first kappa shape index (κ1) is 12.7. The predicted molar refractivity (Wildman–Crippen MR) is 66.8 cm³/mol. The summed E-state index contributed by atoms with van der Waals surface area (Å²) < 4.78 is 11.3. The molecule has 2 aromatic heterocycles. The molecule has 0 bridgehead atoms. The Bertz CT molecular complexity index is 736. The van der Waals surface area contributed by atoms with Gasteiger partial charge < -0.3 is 19.4 Å². The Morgan fingerprint density at radius 1 is 1.58 bits per heavy atom. The van der Waals surface area contributed by atoms with Crippen LogP contribution in [-0.4, -0.2) is 29.3 Å². The molecule has 1 N–H and O–H groups in total. The predicted octanol–water partition coefficient (Wildman–Crippen LogP) is 1.36. The molecule has 0 aliphatic carbocycles. The van der Waals surface area contributed by atoms with Crippen LogP contribution in [0.3, 0.4) is 0 Å². The molecule has 0 fully saturated rings. The monoisotopic (exact) mass is 261 g/mol. The summed E-state index contributed by atoms with van der Waals surface area (Å²) in [6, 6.07) is 0. The Morgan fingerprint density at radius 3 is 2.89 bits per heavy atom. The lowest BCUT2D eigenvalue weighted by Gasteiger charge is -2.02. The van der Waals surface area contributed by atoms with E-state index in [0.29, 0.717) is 0 Å². The van der Waals surface area contributed by atoms with Gasteiger partial charge in [0.05, 0.1) is 20.3 Å². The summed E-state index contributed by atoms with van der Waals surface area (Å²) in [6.45, 7) is 8.81. The second kappa shape index (κ2) is 4.86. The molecule has 0 unspecified atom stereocenters. The average molecular weight is 261 g/mol. The van der Waals surface area contributed by atoms with Gasteiger partial charge in [0, 0.05) is 12.4 Å². The van der Waals surface area contributed by atoms with Crippen molar-refractivity contribution in [2.24, 2.45) is 0 Å². The van der Waals surface area contributed by atoms with Crippen LogP contribution in [0.1, 0.15) is 17.3 Å². The summed E-state index contributed by atoms with van der Waals surface area (Å²) >= 11 is 0. The van der Waals surface area contributed by atoms with E-state index >= 15 is 0 Å². The van der Waals surface area contributed by atoms with Crippen LogP contribution in [0.5, 0.6) is 5.75 Å². The smallest absolute Gasteiger partial charge is 0.343 e. The van der Waals surface area contributed by atoms with Crippen molar-refractivity contribution in [1.82, 2.24) is 9.61 Å². The third-order valence-electron chi connectivity index (χ3n) is 2.57. The van der Waals surface area contributed by atoms with Crippen molar-refractivity contribution >= 4 is 17.2 Å². The van der Waals surface area contributed by atoms with Crippen molar-refractivity contribution in [3.8, 4) is 5.75 Å². The quantitative estimate of drug-likeness (QED) is 0.668. The lowest BCUT2D eigenvalue weighted by molar-refractivity contribution is 0.0523. The fourth-order valence-corrected chi connectivity index (χ4v) is 1.77. The minimum atomic E-state index is -0.583. The number of methoxy groups -OCH3 is 1. The number of fused-ring (bicyclic) bond motifs is 1. The van der Waals surface area contributed by atoms with E-state index in [9.17, 15) is 9.59 Å². The number of aromatic amines is 1. The van der Waals surface area contributed by atoms with Crippen LogP contribution >= 0.6 is 0 Å². The van der Waals surface area contributed by atoms with E-state index in [1.807, 2.05) is 0 Å².